The Morgan fingerprint density at radius 2 is 2.06 bits per heavy atom. The van der Waals surface area contributed by atoms with Gasteiger partial charge < -0.3 is 9.80 Å². The van der Waals surface area contributed by atoms with Crippen molar-refractivity contribution in [1.82, 2.24) is 4.90 Å². The molecule has 2 rings (SSSR count). The molecule has 0 spiro atoms. The molecule has 1 aromatic carbocycles. The van der Waals surface area contributed by atoms with Gasteiger partial charge in [0.05, 0.1) is 5.69 Å². The van der Waals surface area contributed by atoms with E-state index in [1.807, 2.05) is 19.1 Å². The van der Waals surface area contributed by atoms with Crippen LogP contribution in [0.1, 0.15) is 12.5 Å². The number of halogens is 1. The van der Waals surface area contributed by atoms with Gasteiger partial charge in [0.2, 0.25) is 0 Å². The van der Waals surface area contributed by atoms with Crippen molar-refractivity contribution in [3.05, 3.63) is 29.6 Å². The molecule has 0 saturated carbocycles. The minimum absolute atomic E-state index is 0.101. The third kappa shape index (κ3) is 2.19. The Morgan fingerprint density at radius 3 is 2.69 bits per heavy atom. The molecule has 1 atom stereocenters. The Morgan fingerprint density at radius 1 is 1.31 bits per heavy atom. The zero-order chi connectivity index (χ0) is 11.7. The van der Waals surface area contributed by atoms with Crippen LogP contribution < -0.4 is 4.90 Å². The third-order valence-electron chi connectivity index (χ3n) is 3.24. The first-order chi connectivity index (χ1) is 7.58. The van der Waals surface area contributed by atoms with Crippen LogP contribution in [0.15, 0.2) is 18.2 Å². The van der Waals surface area contributed by atoms with E-state index >= 15 is 0 Å². The highest BCUT2D eigenvalue weighted by Crippen LogP contribution is 2.24. The zero-order valence-corrected chi connectivity index (χ0v) is 10.2. The van der Waals surface area contributed by atoms with E-state index in [0.717, 1.165) is 30.9 Å². The first-order valence-corrected chi connectivity index (χ1v) is 5.79. The van der Waals surface area contributed by atoms with Gasteiger partial charge in [-0.05, 0) is 38.6 Å². The number of rotatable bonds is 1. The molecule has 1 heterocycles. The Labute approximate surface area is 96.7 Å². The lowest BCUT2D eigenvalue weighted by Crippen LogP contribution is -2.50. The first kappa shape index (κ1) is 11.4. The summed E-state index contributed by atoms with van der Waals surface area (Å²) in [7, 11) is 2.11. The minimum Gasteiger partial charge on any atom is -0.364 e. The molecule has 1 aliphatic heterocycles. The Hall–Kier alpha value is -1.09. The number of nitrogens with zero attached hydrogens (tertiary/aromatic N) is 2. The van der Waals surface area contributed by atoms with E-state index in [0.29, 0.717) is 6.04 Å². The molecule has 1 unspecified atom stereocenters. The topological polar surface area (TPSA) is 6.48 Å². The molecule has 1 fully saturated rings. The normalized spacial score (nSPS) is 22.5. The maximum atomic E-state index is 13.9. The number of likely N-dealkylation sites (N-methyl/N-ethyl adjacent to an activating group) is 1. The second-order valence-corrected chi connectivity index (χ2v) is 4.76. The van der Waals surface area contributed by atoms with Crippen LogP contribution in [-0.2, 0) is 0 Å². The van der Waals surface area contributed by atoms with E-state index in [1.165, 1.54) is 0 Å². The van der Waals surface area contributed by atoms with Crippen LogP contribution in [0.2, 0.25) is 0 Å². The molecule has 0 aromatic heterocycles. The minimum atomic E-state index is -0.101. The highest BCUT2D eigenvalue weighted by molar-refractivity contribution is 5.50. The van der Waals surface area contributed by atoms with Crippen LogP contribution in [0.5, 0.6) is 0 Å². The molecule has 3 heteroatoms. The number of anilines is 1. The average Bonchev–Trinajstić information content (AvgIpc) is 2.19. The summed E-state index contributed by atoms with van der Waals surface area (Å²) < 4.78 is 13.9. The van der Waals surface area contributed by atoms with E-state index in [1.54, 1.807) is 6.07 Å². The van der Waals surface area contributed by atoms with Gasteiger partial charge in [-0.1, -0.05) is 6.07 Å². The molecule has 1 saturated heterocycles. The summed E-state index contributed by atoms with van der Waals surface area (Å²) in [5.74, 6) is -0.101. The highest BCUT2D eigenvalue weighted by Gasteiger charge is 2.23. The summed E-state index contributed by atoms with van der Waals surface area (Å²) >= 11 is 0. The van der Waals surface area contributed by atoms with Crippen LogP contribution in [0.25, 0.3) is 0 Å². The van der Waals surface area contributed by atoms with Crippen molar-refractivity contribution in [2.24, 2.45) is 0 Å². The Balaban J connectivity index is 2.23. The van der Waals surface area contributed by atoms with Gasteiger partial charge in [0, 0.05) is 25.7 Å². The molecule has 1 aromatic rings. The second kappa shape index (κ2) is 4.42. The molecule has 16 heavy (non-hydrogen) atoms. The van der Waals surface area contributed by atoms with Gasteiger partial charge in [0.1, 0.15) is 5.82 Å². The predicted octanol–water partition coefficient (Wildman–Crippen LogP) is 2.27. The second-order valence-electron chi connectivity index (χ2n) is 4.76. The average molecular weight is 222 g/mol. The smallest absolute Gasteiger partial charge is 0.146 e. The molecular formula is C13H19FN2. The fourth-order valence-electron chi connectivity index (χ4n) is 2.34. The van der Waals surface area contributed by atoms with Crippen molar-refractivity contribution >= 4 is 5.69 Å². The number of benzene rings is 1. The lowest BCUT2D eigenvalue weighted by molar-refractivity contribution is 0.274. The monoisotopic (exact) mass is 222 g/mol. The van der Waals surface area contributed by atoms with Crippen molar-refractivity contribution in [3.8, 4) is 0 Å². The van der Waals surface area contributed by atoms with Gasteiger partial charge in [-0.2, -0.15) is 0 Å². The summed E-state index contributed by atoms with van der Waals surface area (Å²) in [5, 5.41) is 0. The van der Waals surface area contributed by atoms with Crippen molar-refractivity contribution in [1.29, 1.82) is 0 Å². The lowest BCUT2D eigenvalue weighted by atomic mass is 10.1. The van der Waals surface area contributed by atoms with E-state index < -0.39 is 0 Å². The maximum absolute atomic E-state index is 13.9. The summed E-state index contributed by atoms with van der Waals surface area (Å²) in [5.41, 5.74) is 1.72. The van der Waals surface area contributed by atoms with Crippen LogP contribution in [-0.4, -0.2) is 37.6 Å². The van der Waals surface area contributed by atoms with Gasteiger partial charge in [-0.25, -0.2) is 4.39 Å². The molecule has 2 nitrogen and oxygen atoms in total. The van der Waals surface area contributed by atoms with Gasteiger partial charge in [-0.3, -0.25) is 0 Å². The van der Waals surface area contributed by atoms with Crippen molar-refractivity contribution < 1.29 is 4.39 Å². The van der Waals surface area contributed by atoms with Crippen LogP contribution >= 0.6 is 0 Å². The SMILES string of the molecule is Cc1ccc(N2CCN(C)CC2C)c(F)c1. The fraction of sp³-hybridized carbons (Fsp3) is 0.538. The van der Waals surface area contributed by atoms with Gasteiger partial charge in [0.15, 0.2) is 0 Å². The van der Waals surface area contributed by atoms with Crippen molar-refractivity contribution in [3.63, 3.8) is 0 Å². The van der Waals surface area contributed by atoms with E-state index in [-0.39, 0.29) is 5.82 Å². The largest absolute Gasteiger partial charge is 0.364 e. The summed E-state index contributed by atoms with van der Waals surface area (Å²) in [6.45, 7) is 6.96. The van der Waals surface area contributed by atoms with E-state index in [9.17, 15) is 4.39 Å². The number of aryl methyl sites for hydroxylation is 1. The van der Waals surface area contributed by atoms with Crippen LogP contribution in [0, 0.1) is 12.7 Å². The van der Waals surface area contributed by atoms with Crippen molar-refractivity contribution in [2.75, 3.05) is 31.6 Å². The van der Waals surface area contributed by atoms with Gasteiger partial charge in [-0.15, -0.1) is 0 Å². The summed E-state index contributed by atoms with van der Waals surface area (Å²) in [4.78, 5) is 4.45. The lowest BCUT2D eigenvalue weighted by Gasteiger charge is -2.39. The zero-order valence-electron chi connectivity index (χ0n) is 10.2. The molecule has 0 N–H and O–H groups in total. The Bertz CT molecular complexity index is 378. The maximum Gasteiger partial charge on any atom is 0.146 e. The molecule has 0 radical (unpaired) electrons. The molecule has 0 bridgehead atoms. The number of hydrogen-bond donors (Lipinski definition) is 0. The van der Waals surface area contributed by atoms with Crippen LogP contribution in [0.4, 0.5) is 10.1 Å². The highest BCUT2D eigenvalue weighted by atomic mass is 19.1. The van der Waals surface area contributed by atoms with Gasteiger partial charge in [0.25, 0.3) is 0 Å². The molecule has 0 amide bonds. The number of piperazine rings is 1. The molecule has 88 valence electrons. The van der Waals surface area contributed by atoms with E-state index in [4.69, 9.17) is 0 Å². The first-order valence-electron chi connectivity index (χ1n) is 5.79. The standard InChI is InChI=1S/C13H19FN2/c1-10-4-5-13(12(14)8-10)16-7-6-15(3)9-11(16)2/h4-5,8,11H,6-7,9H2,1-3H3. The quantitative estimate of drug-likeness (QED) is 0.719. The van der Waals surface area contributed by atoms with Crippen molar-refractivity contribution in [2.45, 2.75) is 19.9 Å². The third-order valence-corrected chi connectivity index (χ3v) is 3.24. The number of hydrogen-bond acceptors (Lipinski definition) is 2. The predicted molar refractivity (Wildman–Crippen MR) is 65.4 cm³/mol. The van der Waals surface area contributed by atoms with Crippen LogP contribution in [0.3, 0.4) is 0 Å². The van der Waals surface area contributed by atoms with E-state index in [2.05, 4.69) is 23.8 Å². The Kier molecular flexibility index (Phi) is 3.15. The summed E-state index contributed by atoms with van der Waals surface area (Å²) in [6, 6.07) is 5.85. The fourth-order valence-corrected chi connectivity index (χ4v) is 2.34. The van der Waals surface area contributed by atoms with Gasteiger partial charge >= 0.3 is 0 Å². The molecule has 0 aliphatic carbocycles. The molecular weight excluding hydrogens is 203 g/mol. The summed E-state index contributed by atoms with van der Waals surface area (Å²) in [6.07, 6.45) is 0. The molecule has 1 aliphatic rings.